The Kier molecular flexibility index (Phi) is 13.7. The van der Waals surface area contributed by atoms with Crippen LogP contribution in [0, 0.1) is 5.92 Å². The van der Waals surface area contributed by atoms with Gasteiger partial charge in [0, 0.05) is 5.70 Å². The Bertz CT molecular complexity index is 135. The summed E-state index contributed by atoms with van der Waals surface area (Å²) in [7, 11) is 1.50. The first kappa shape index (κ1) is 15.7. The highest BCUT2D eigenvalue weighted by Crippen LogP contribution is 2.26. The Balaban J connectivity index is 0. The minimum absolute atomic E-state index is 0.638. The summed E-state index contributed by atoms with van der Waals surface area (Å²) in [5.74, 6) is 0.638. The Labute approximate surface area is 89.1 Å². The van der Waals surface area contributed by atoms with Gasteiger partial charge < -0.3 is 11.5 Å². The van der Waals surface area contributed by atoms with Gasteiger partial charge in [0.2, 0.25) is 0 Å². The third kappa shape index (κ3) is 9.33. The number of rotatable bonds is 1. The molecule has 1 rings (SSSR count). The summed E-state index contributed by atoms with van der Waals surface area (Å²) in [6.07, 6.45) is 8.39. The molecular formula is C12H26N2. The molecule has 0 aromatic heterocycles. The van der Waals surface area contributed by atoms with Crippen LogP contribution in [0.4, 0.5) is 0 Å². The molecule has 2 heteroatoms. The molecule has 1 aliphatic rings. The molecule has 1 fully saturated rings. The van der Waals surface area contributed by atoms with E-state index in [-0.39, 0.29) is 0 Å². The van der Waals surface area contributed by atoms with E-state index in [1.807, 2.05) is 6.92 Å². The second kappa shape index (κ2) is 12.2. The summed E-state index contributed by atoms with van der Waals surface area (Å²) in [6, 6.07) is 0. The third-order valence-corrected chi connectivity index (χ3v) is 2.13. The zero-order chi connectivity index (χ0) is 11.4. The van der Waals surface area contributed by atoms with E-state index in [4.69, 9.17) is 5.73 Å². The Morgan fingerprint density at radius 2 is 1.57 bits per heavy atom. The average molecular weight is 198 g/mol. The van der Waals surface area contributed by atoms with Crippen LogP contribution in [0.25, 0.3) is 0 Å². The molecule has 0 aromatic rings. The van der Waals surface area contributed by atoms with Crippen LogP contribution in [0.2, 0.25) is 0 Å². The van der Waals surface area contributed by atoms with Crippen LogP contribution in [-0.4, -0.2) is 7.05 Å². The lowest BCUT2D eigenvalue weighted by molar-refractivity contribution is 0.401. The molecule has 4 N–H and O–H groups in total. The normalized spacial score (nSPS) is 15.4. The van der Waals surface area contributed by atoms with Crippen LogP contribution in [-0.2, 0) is 0 Å². The van der Waals surface area contributed by atoms with Crippen molar-refractivity contribution in [3.63, 3.8) is 0 Å². The van der Waals surface area contributed by atoms with Gasteiger partial charge in [-0.3, -0.25) is 0 Å². The van der Waals surface area contributed by atoms with E-state index in [1.54, 1.807) is 6.08 Å². The van der Waals surface area contributed by atoms with Crippen molar-refractivity contribution in [2.45, 2.75) is 39.0 Å². The van der Waals surface area contributed by atoms with Crippen molar-refractivity contribution >= 4 is 0 Å². The van der Waals surface area contributed by atoms with E-state index >= 15 is 0 Å². The van der Waals surface area contributed by atoms with Crippen molar-refractivity contribution in [1.29, 1.82) is 0 Å². The average Bonchev–Trinajstić information content (AvgIpc) is 2.23. The van der Waals surface area contributed by atoms with E-state index in [9.17, 15) is 0 Å². The quantitative estimate of drug-likeness (QED) is 0.637. The van der Waals surface area contributed by atoms with Gasteiger partial charge in [-0.1, -0.05) is 31.9 Å². The molecule has 84 valence electrons. The minimum atomic E-state index is 0.638. The smallest absolute Gasteiger partial charge is 0.00390 e. The van der Waals surface area contributed by atoms with Crippen molar-refractivity contribution in [1.82, 2.24) is 0 Å². The second-order valence-corrected chi connectivity index (χ2v) is 3.32. The first-order chi connectivity index (χ1) is 6.72. The van der Waals surface area contributed by atoms with Crippen molar-refractivity contribution in [3.05, 3.63) is 24.9 Å². The molecule has 0 atom stereocenters. The van der Waals surface area contributed by atoms with Crippen LogP contribution in [0.15, 0.2) is 24.9 Å². The summed E-state index contributed by atoms with van der Waals surface area (Å²) >= 11 is 0. The maximum Gasteiger partial charge on any atom is 0.00390 e. The van der Waals surface area contributed by atoms with E-state index in [0.29, 0.717) is 5.92 Å². The molecule has 0 bridgehead atoms. The predicted octanol–water partition coefficient (Wildman–Crippen LogP) is 2.81. The predicted molar refractivity (Wildman–Crippen MR) is 65.9 cm³/mol. The largest absolute Gasteiger partial charge is 0.402 e. The topological polar surface area (TPSA) is 52.0 Å². The van der Waals surface area contributed by atoms with Crippen molar-refractivity contribution in [2.24, 2.45) is 17.4 Å². The lowest BCUT2D eigenvalue weighted by Gasteiger charge is -2.20. The fourth-order valence-electron chi connectivity index (χ4n) is 1.47. The van der Waals surface area contributed by atoms with Gasteiger partial charge in [0.15, 0.2) is 0 Å². The zero-order valence-corrected chi connectivity index (χ0v) is 9.76. The highest BCUT2D eigenvalue weighted by Gasteiger charge is 2.13. The lowest BCUT2D eigenvalue weighted by atomic mass is 9.88. The van der Waals surface area contributed by atoms with E-state index in [2.05, 4.69) is 18.9 Å². The molecule has 0 radical (unpaired) electrons. The highest BCUT2D eigenvalue weighted by molar-refractivity contribution is 4.95. The van der Waals surface area contributed by atoms with Crippen molar-refractivity contribution in [3.8, 4) is 0 Å². The molecule has 1 aliphatic carbocycles. The van der Waals surface area contributed by atoms with Gasteiger partial charge in [0.1, 0.15) is 0 Å². The van der Waals surface area contributed by atoms with Gasteiger partial charge in [-0.25, -0.2) is 0 Å². The highest BCUT2D eigenvalue weighted by atomic mass is 14.6. The van der Waals surface area contributed by atoms with Gasteiger partial charge in [0.25, 0.3) is 0 Å². The van der Waals surface area contributed by atoms with Gasteiger partial charge >= 0.3 is 0 Å². The molecule has 14 heavy (non-hydrogen) atoms. The monoisotopic (exact) mass is 198 g/mol. The van der Waals surface area contributed by atoms with Gasteiger partial charge in [0.05, 0.1) is 0 Å². The molecule has 0 aromatic carbocycles. The SMILES string of the molecule is C=C(N)C1CCCCC1.C=CC.CN. The summed E-state index contributed by atoms with van der Waals surface area (Å²) < 4.78 is 0. The van der Waals surface area contributed by atoms with Crippen LogP contribution >= 0.6 is 0 Å². The van der Waals surface area contributed by atoms with E-state index in [1.165, 1.54) is 39.2 Å². The van der Waals surface area contributed by atoms with Crippen LogP contribution in [0.3, 0.4) is 0 Å². The molecule has 0 heterocycles. The van der Waals surface area contributed by atoms with Crippen LogP contribution < -0.4 is 11.5 Å². The first-order valence-electron chi connectivity index (χ1n) is 5.31. The van der Waals surface area contributed by atoms with Crippen molar-refractivity contribution in [2.75, 3.05) is 7.05 Å². The second-order valence-electron chi connectivity index (χ2n) is 3.32. The lowest BCUT2D eigenvalue weighted by Crippen LogP contribution is -2.13. The molecule has 0 amide bonds. The molecular weight excluding hydrogens is 172 g/mol. The molecule has 0 aliphatic heterocycles. The molecule has 1 saturated carbocycles. The van der Waals surface area contributed by atoms with Gasteiger partial charge in [-0.15, -0.1) is 6.58 Å². The summed E-state index contributed by atoms with van der Waals surface area (Å²) in [5, 5.41) is 0. The Morgan fingerprint density at radius 3 is 1.79 bits per heavy atom. The molecule has 0 spiro atoms. The number of hydrogen-bond donors (Lipinski definition) is 2. The third-order valence-electron chi connectivity index (χ3n) is 2.13. The molecule has 0 unspecified atom stereocenters. The van der Waals surface area contributed by atoms with Crippen LogP contribution in [0.5, 0.6) is 0 Å². The fourth-order valence-corrected chi connectivity index (χ4v) is 1.47. The maximum absolute atomic E-state index is 5.57. The standard InChI is InChI=1S/C8H15N.C3H6.CH5N/c1-7(9)8-5-3-2-4-6-8;1-3-2;1-2/h8H,1-6,9H2;3H,1H2,2H3;2H2,1H3. The summed E-state index contributed by atoms with van der Waals surface area (Å²) in [5.41, 5.74) is 11.0. The number of allylic oxidation sites excluding steroid dienone is 2. The number of hydrogen-bond acceptors (Lipinski definition) is 2. The van der Waals surface area contributed by atoms with Gasteiger partial charge in [-0.05, 0) is 32.7 Å². The minimum Gasteiger partial charge on any atom is -0.402 e. The fraction of sp³-hybridized carbons (Fsp3) is 0.667. The van der Waals surface area contributed by atoms with E-state index < -0.39 is 0 Å². The van der Waals surface area contributed by atoms with E-state index in [0.717, 1.165) is 5.70 Å². The Morgan fingerprint density at radius 1 is 1.21 bits per heavy atom. The maximum atomic E-state index is 5.57. The van der Waals surface area contributed by atoms with Gasteiger partial charge in [-0.2, -0.15) is 0 Å². The van der Waals surface area contributed by atoms with Crippen LogP contribution in [0.1, 0.15) is 39.0 Å². The molecule has 2 nitrogen and oxygen atoms in total. The summed E-state index contributed by atoms with van der Waals surface area (Å²) in [6.45, 7) is 9.01. The zero-order valence-electron chi connectivity index (χ0n) is 9.76. The summed E-state index contributed by atoms with van der Waals surface area (Å²) in [4.78, 5) is 0. The first-order valence-corrected chi connectivity index (χ1v) is 5.31. The Hall–Kier alpha value is -0.760. The van der Waals surface area contributed by atoms with Crippen molar-refractivity contribution < 1.29 is 0 Å². The molecule has 0 saturated heterocycles. The number of nitrogens with two attached hydrogens (primary N) is 2.